The van der Waals surface area contributed by atoms with Gasteiger partial charge in [-0.25, -0.2) is 9.52 Å². The molecular formula is C22H27N5O5S. The second-order valence-electron chi connectivity index (χ2n) is 8.89. The average Bonchev–Trinajstić information content (AvgIpc) is 3.44. The van der Waals surface area contributed by atoms with E-state index in [9.17, 15) is 18.0 Å². The summed E-state index contributed by atoms with van der Waals surface area (Å²) in [6, 6.07) is 2.55. The Kier molecular flexibility index (Phi) is 5.40. The molecule has 1 saturated heterocycles. The lowest BCUT2D eigenvalue weighted by Crippen LogP contribution is -2.49. The summed E-state index contributed by atoms with van der Waals surface area (Å²) in [7, 11) is -1.14. The van der Waals surface area contributed by atoms with E-state index in [0.717, 1.165) is 55.3 Å². The second kappa shape index (κ2) is 8.14. The van der Waals surface area contributed by atoms with Gasteiger partial charge in [-0.05, 0) is 60.8 Å². The Hall–Kier alpha value is -2.92. The van der Waals surface area contributed by atoms with Gasteiger partial charge in [0.05, 0.1) is 19.3 Å². The molecule has 2 aromatic rings. The first-order chi connectivity index (χ1) is 15.7. The third kappa shape index (κ3) is 3.89. The van der Waals surface area contributed by atoms with Crippen LogP contribution in [0, 0.1) is 0 Å². The van der Waals surface area contributed by atoms with Gasteiger partial charge < -0.3 is 15.0 Å². The zero-order chi connectivity index (χ0) is 23.3. The number of sulfonamides is 1. The van der Waals surface area contributed by atoms with Crippen LogP contribution >= 0.6 is 0 Å². The van der Waals surface area contributed by atoms with E-state index in [1.807, 2.05) is 0 Å². The SMILES string of the molecule is CN(C(=O)c1cc(S(=O)(=O)NC(=O)Nc2c3c(cc4c2CCC4)CCC3)nn1C)C1COC1. The Morgan fingerprint density at radius 1 is 1.09 bits per heavy atom. The Bertz CT molecular complexity index is 1220. The molecule has 0 unspecified atom stereocenters. The van der Waals surface area contributed by atoms with Crippen LogP contribution in [0.1, 0.15) is 45.6 Å². The standard InChI is InChI=1S/C22H27N5O5S/c1-26(15-11-32-12-15)21(28)18-10-19(24-27(18)2)33(30,31)25-22(29)23-20-16-7-3-5-13(16)9-14-6-4-8-17(14)20/h9-10,15H,3-8,11-12H2,1-2H3,(H2,23,25,29). The quantitative estimate of drug-likeness (QED) is 0.676. The number of rotatable bonds is 5. The number of hydrogen-bond donors (Lipinski definition) is 2. The minimum absolute atomic E-state index is 0.0503. The molecule has 2 heterocycles. The minimum atomic E-state index is -4.27. The molecule has 33 heavy (non-hydrogen) atoms. The predicted molar refractivity (Wildman–Crippen MR) is 120 cm³/mol. The highest BCUT2D eigenvalue weighted by Gasteiger charge is 2.32. The third-order valence-electron chi connectivity index (χ3n) is 6.78. The van der Waals surface area contributed by atoms with Crippen molar-refractivity contribution in [3.05, 3.63) is 40.1 Å². The lowest BCUT2D eigenvalue weighted by Gasteiger charge is -2.34. The van der Waals surface area contributed by atoms with Crippen molar-refractivity contribution in [1.29, 1.82) is 0 Å². The van der Waals surface area contributed by atoms with Crippen LogP contribution in [0.4, 0.5) is 10.5 Å². The van der Waals surface area contributed by atoms with E-state index in [0.29, 0.717) is 13.2 Å². The first kappa shape index (κ1) is 21.9. The van der Waals surface area contributed by atoms with Crippen molar-refractivity contribution in [3.63, 3.8) is 0 Å². The summed E-state index contributed by atoms with van der Waals surface area (Å²) in [6.45, 7) is 0.889. The van der Waals surface area contributed by atoms with Crippen molar-refractivity contribution in [3.8, 4) is 0 Å². The van der Waals surface area contributed by atoms with E-state index in [1.54, 1.807) is 7.05 Å². The average molecular weight is 474 g/mol. The summed E-state index contributed by atoms with van der Waals surface area (Å²) in [6.07, 6.45) is 5.75. The monoisotopic (exact) mass is 473 g/mol. The molecule has 176 valence electrons. The first-order valence-electron chi connectivity index (χ1n) is 11.1. The van der Waals surface area contributed by atoms with Gasteiger partial charge in [0.15, 0.2) is 5.03 Å². The molecule has 10 nitrogen and oxygen atoms in total. The fraction of sp³-hybridized carbons (Fsp3) is 0.500. The molecule has 2 N–H and O–H groups in total. The molecule has 1 aromatic carbocycles. The highest BCUT2D eigenvalue weighted by atomic mass is 32.2. The van der Waals surface area contributed by atoms with Gasteiger partial charge in [-0.1, -0.05) is 6.07 Å². The van der Waals surface area contributed by atoms with Crippen LogP contribution in [0.25, 0.3) is 0 Å². The van der Waals surface area contributed by atoms with E-state index in [-0.39, 0.29) is 22.7 Å². The summed E-state index contributed by atoms with van der Waals surface area (Å²) in [5, 5.41) is 6.40. The van der Waals surface area contributed by atoms with Crippen molar-refractivity contribution in [2.45, 2.75) is 49.6 Å². The van der Waals surface area contributed by atoms with Crippen LogP contribution in [0.5, 0.6) is 0 Å². The Morgan fingerprint density at radius 2 is 1.73 bits per heavy atom. The summed E-state index contributed by atoms with van der Waals surface area (Å²) < 4.78 is 34.1. The molecule has 2 aliphatic carbocycles. The van der Waals surface area contributed by atoms with Crippen LogP contribution in [0.2, 0.25) is 0 Å². The number of urea groups is 1. The van der Waals surface area contributed by atoms with Gasteiger partial charge in [0.25, 0.3) is 15.9 Å². The molecule has 3 amide bonds. The van der Waals surface area contributed by atoms with E-state index in [2.05, 4.69) is 21.2 Å². The number of benzene rings is 1. The third-order valence-corrected chi connectivity index (χ3v) is 7.98. The van der Waals surface area contributed by atoms with Gasteiger partial charge in [0.1, 0.15) is 5.69 Å². The van der Waals surface area contributed by atoms with E-state index < -0.39 is 16.1 Å². The van der Waals surface area contributed by atoms with Gasteiger partial charge in [0.2, 0.25) is 0 Å². The number of carbonyl (C=O) groups excluding carboxylic acids is 2. The molecule has 0 spiro atoms. The summed E-state index contributed by atoms with van der Waals surface area (Å²) >= 11 is 0. The number of ether oxygens (including phenoxy) is 1. The lowest BCUT2D eigenvalue weighted by atomic mass is 9.99. The molecule has 0 radical (unpaired) electrons. The molecular weight excluding hydrogens is 446 g/mol. The fourth-order valence-corrected chi connectivity index (χ4v) is 5.74. The smallest absolute Gasteiger partial charge is 0.333 e. The van der Waals surface area contributed by atoms with Crippen molar-refractivity contribution in [1.82, 2.24) is 19.4 Å². The van der Waals surface area contributed by atoms with Gasteiger partial charge in [-0.2, -0.15) is 13.5 Å². The van der Waals surface area contributed by atoms with Gasteiger partial charge in [-0.3, -0.25) is 9.48 Å². The molecule has 5 rings (SSSR count). The van der Waals surface area contributed by atoms with Crippen LogP contribution < -0.4 is 10.0 Å². The molecule has 1 fully saturated rings. The van der Waals surface area contributed by atoms with Crippen LogP contribution in [0.15, 0.2) is 17.2 Å². The summed E-state index contributed by atoms with van der Waals surface area (Å²) in [5.74, 6) is -0.361. The number of carbonyl (C=O) groups is 2. The Labute approximate surface area is 192 Å². The number of aromatic nitrogens is 2. The number of likely N-dealkylation sites (N-methyl/N-ethyl adjacent to an activating group) is 1. The Morgan fingerprint density at radius 3 is 2.30 bits per heavy atom. The maximum atomic E-state index is 12.9. The molecule has 11 heteroatoms. The summed E-state index contributed by atoms with van der Waals surface area (Å²) in [4.78, 5) is 27.0. The van der Waals surface area contributed by atoms with E-state index >= 15 is 0 Å². The topological polar surface area (TPSA) is 123 Å². The highest BCUT2D eigenvalue weighted by molar-refractivity contribution is 7.90. The molecule has 3 aliphatic rings. The number of anilines is 1. The molecule has 0 saturated carbocycles. The second-order valence-corrected chi connectivity index (χ2v) is 10.5. The van der Waals surface area contributed by atoms with E-state index in [1.165, 1.54) is 33.8 Å². The fourth-order valence-electron chi connectivity index (χ4n) is 4.85. The van der Waals surface area contributed by atoms with Gasteiger partial charge >= 0.3 is 6.03 Å². The molecule has 0 bridgehead atoms. The predicted octanol–water partition coefficient (Wildman–Crippen LogP) is 1.38. The van der Waals surface area contributed by atoms with Gasteiger partial charge in [0, 0.05) is 25.8 Å². The number of aryl methyl sites for hydroxylation is 3. The number of fused-ring (bicyclic) bond motifs is 2. The molecule has 1 aliphatic heterocycles. The van der Waals surface area contributed by atoms with Crippen LogP contribution in [-0.4, -0.2) is 61.3 Å². The number of nitrogens with one attached hydrogen (secondary N) is 2. The van der Waals surface area contributed by atoms with Gasteiger partial charge in [-0.15, -0.1) is 0 Å². The lowest BCUT2D eigenvalue weighted by molar-refractivity contribution is -0.0470. The summed E-state index contributed by atoms with van der Waals surface area (Å²) in [5.41, 5.74) is 5.56. The van der Waals surface area contributed by atoms with Crippen LogP contribution in [0.3, 0.4) is 0 Å². The normalized spacial score (nSPS) is 17.3. The number of hydrogen-bond acceptors (Lipinski definition) is 6. The largest absolute Gasteiger partial charge is 0.377 e. The number of nitrogens with zero attached hydrogens (tertiary/aromatic N) is 3. The maximum absolute atomic E-state index is 12.9. The van der Waals surface area contributed by atoms with Crippen molar-refractivity contribution < 1.29 is 22.7 Å². The molecule has 1 aromatic heterocycles. The Balaban J connectivity index is 1.34. The van der Waals surface area contributed by atoms with Crippen molar-refractivity contribution in [2.75, 3.05) is 25.6 Å². The minimum Gasteiger partial charge on any atom is -0.377 e. The molecule has 0 atom stereocenters. The zero-order valence-corrected chi connectivity index (χ0v) is 19.5. The number of amides is 3. The van der Waals surface area contributed by atoms with Crippen LogP contribution in [-0.2, 0) is 47.5 Å². The first-order valence-corrected chi connectivity index (χ1v) is 12.6. The van der Waals surface area contributed by atoms with Crippen molar-refractivity contribution in [2.24, 2.45) is 7.05 Å². The van der Waals surface area contributed by atoms with E-state index in [4.69, 9.17) is 4.74 Å². The highest BCUT2D eigenvalue weighted by Crippen LogP contribution is 2.38. The van der Waals surface area contributed by atoms with Crippen molar-refractivity contribution >= 4 is 27.6 Å². The maximum Gasteiger partial charge on any atom is 0.333 e. The zero-order valence-electron chi connectivity index (χ0n) is 18.7.